The van der Waals surface area contributed by atoms with Crippen molar-refractivity contribution in [1.82, 2.24) is 20.0 Å². The van der Waals surface area contributed by atoms with Crippen molar-refractivity contribution in [3.8, 4) is 5.75 Å². The summed E-state index contributed by atoms with van der Waals surface area (Å²) in [6.07, 6.45) is 3.12. The first-order chi connectivity index (χ1) is 14.5. The maximum absolute atomic E-state index is 13.2. The Morgan fingerprint density at radius 3 is 2.27 bits per heavy atom. The van der Waals surface area contributed by atoms with Crippen molar-refractivity contribution >= 4 is 11.9 Å². The second kappa shape index (κ2) is 8.94. The quantitative estimate of drug-likeness (QED) is 0.725. The lowest BCUT2D eigenvalue weighted by atomic mass is 9.87. The van der Waals surface area contributed by atoms with E-state index in [1.165, 1.54) is 5.56 Å². The van der Waals surface area contributed by atoms with Crippen LogP contribution in [0.3, 0.4) is 0 Å². The first kappa shape index (κ1) is 21.1. The molecule has 7 heteroatoms. The fourth-order valence-corrected chi connectivity index (χ4v) is 5.01. The van der Waals surface area contributed by atoms with Gasteiger partial charge in [0, 0.05) is 38.8 Å². The van der Waals surface area contributed by atoms with E-state index in [0.717, 1.165) is 70.7 Å². The van der Waals surface area contributed by atoms with Gasteiger partial charge < -0.3 is 15.0 Å². The van der Waals surface area contributed by atoms with Crippen LogP contribution in [0.1, 0.15) is 45.1 Å². The molecule has 30 heavy (non-hydrogen) atoms. The third-order valence-corrected chi connectivity index (χ3v) is 6.91. The van der Waals surface area contributed by atoms with Crippen LogP contribution in [0.25, 0.3) is 0 Å². The molecule has 7 nitrogen and oxygen atoms in total. The normalized spacial score (nSPS) is 23.2. The van der Waals surface area contributed by atoms with E-state index in [1.807, 2.05) is 19.1 Å². The number of carbonyl (C=O) groups is 2. The Morgan fingerprint density at radius 2 is 1.67 bits per heavy atom. The largest absolute Gasteiger partial charge is 0.494 e. The summed E-state index contributed by atoms with van der Waals surface area (Å²) in [7, 11) is 0. The van der Waals surface area contributed by atoms with E-state index in [-0.39, 0.29) is 18.0 Å². The van der Waals surface area contributed by atoms with Crippen LogP contribution in [0.15, 0.2) is 24.3 Å². The van der Waals surface area contributed by atoms with Gasteiger partial charge in [0.15, 0.2) is 0 Å². The molecular formula is C23H34N4O3. The van der Waals surface area contributed by atoms with Crippen LogP contribution in [-0.2, 0) is 11.3 Å². The Balaban J connectivity index is 1.31. The minimum atomic E-state index is -0.664. The van der Waals surface area contributed by atoms with Gasteiger partial charge >= 0.3 is 6.03 Å². The molecule has 1 aromatic rings. The summed E-state index contributed by atoms with van der Waals surface area (Å²) in [5.74, 6) is 0.908. The predicted octanol–water partition coefficient (Wildman–Crippen LogP) is 2.46. The Labute approximate surface area is 179 Å². The smallest absolute Gasteiger partial charge is 0.325 e. The molecule has 3 fully saturated rings. The zero-order valence-corrected chi connectivity index (χ0v) is 18.2. The monoisotopic (exact) mass is 414 g/mol. The Bertz CT molecular complexity index is 750. The number of imide groups is 1. The number of carbonyl (C=O) groups excluding carboxylic acids is 2. The molecule has 4 rings (SSSR count). The standard InChI is InChI=1S/C23H34N4O3/c1-3-25-15-11-23(12-16-25)21(28)27(22(29)24-23)19-9-13-26(14-10-19)17-18-5-7-20(8-6-18)30-4-2/h5-8,19H,3-4,9-17H2,1-2H3,(H,24,29). The lowest BCUT2D eigenvalue weighted by Gasteiger charge is -2.38. The summed E-state index contributed by atoms with van der Waals surface area (Å²) in [4.78, 5) is 32.3. The Morgan fingerprint density at radius 1 is 1.00 bits per heavy atom. The first-order valence-corrected chi connectivity index (χ1v) is 11.4. The number of benzene rings is 1. The lowest BCUT2D eigenvalue weighted by Crippen LogP contribution is -2.55. The van der Waals surface area contributed by atoms with E-state index >= 15 is 0 Å². The Hall–Kier alpha value is -2.12. The zero-order chi connectivity index (χ0) is 21.1. The lowest BCUT2D eigenvalue weighted by molar-refractivity contribution is -0.135. The van der Waals surface area contributed by atoms with E-state index in [9.17, 15) is 9.59 Å². The molecule has 3 amide bonds. The van der Waals surface area contributed by atoms with Crippen molar-refractivity contribution in [3.05, 3.63) is 29.8 Å². The fraction of sp³-hybridized carbons (Fsp3) is 0.652. The number of rotatable bonds is 6. The predicted molar refractivity (Wildman–Crippen MR) is 115 cm³/mol. The average Bonchev–Trinajstić information content (AvgIpc) is 3.00. The van der Waals surface area contributed by atoms with Crippen molar-refractivity contribution < 1.29 is 14.3 Å². The molecule has 0 bridgehead atoms. The van der Waals surface area contributed by atoms with E-state index in [4.69, 9.17) is 4.74 Å². The number of nitrogens with one attached hydrogen (secondary N) is 1. The van der Waals surface area contributed by atoms with Gasteiger partial charge in [-0.3, -0.25) is 14.6 Å². The first-order valence-electron chi connectivity index (χ1n) is 11.4. The number of piperidine rings is 2. The van der Waals surface area contributed by atoms with Crippen molar-refractivity contribution in [3.63, 3.8) is 0 Å². The average molecular weight is 415 g/mol. The molecule has 3 aliphatic rings. The van der Waals surface area contributed by atoms with Crippen LogP contribution in [0, 0.1) is 0 Å². The van der Waals surface area contributed by atoms with Gasteiger partial charge in [0.2, 0.25) is 0 Å². The van der Waals surface area contributed by atoms with Crippen LogP contribution < -0.4 is 10.1 Å². The van der Waals surface area contributed by atoms with E-state index in [1.54, 1.807) is 4.90 Å². The highest BCUT2D eigenvalue weighted by Crippen LogP contribution is 2.32. The summed E-state index contributed by atoms with van der Waals surface area (Å²) in [6.45, 7) is 10.2. The van der Waals surface area contributed by atoms with Gasteiger partial charge in [0.25, 0.3) is 5.91 Å². The molecule has 0 aromatic heterocycles. The molecule has 3 aliphatic heterocycles. The minimum Gasteiger partial charge on any atom is -0.494 e. The van der Waals surface area contributed by atoms with Gasteiger partial charge in [-0.25, -0.2) is 4.79 Å². The Kier molecular flexibility index (Phi) is 6.29. The molecule has 0 atom stereocenters. The molecular weight excluding hydrogens is 380 g/mol. The van der Waals surface area contributed by atoms with Crippen LogP contribution in [0.5, 0.6) is 5.75 Å². The number of hydrogen-bond donors (Lipinski definition) is 1. The number of hydrogen-bond acceptors (Lipinski definition) is 5. The minimum absolute atomic E-state index is 0.00761. The van der Waals surface area contributed by atoms with Crippen LogP contribution in [0.2, 0.25) is 0 Å². The number of urea groups is 1. The van der Waals surface area contributed by atoms with Crippen LogP contribution in [0.4, 0.5) is 4.79 Å². The van der Waals surface area contributed by atoms with E-state index in [0.29, 0.717) is 6.61 Å². The topological polar surface area (TPSA) is 65.1 Å². The highest BCUT2D eigenvalue weighted by atomic mass is 16.5. The van der Waals surface area contributed by atoms with Crippen LogP contribution >= 0.6 is 0 Å². The molecule has 3 heterocycles. The maximum Gasteiger partial charge on any atom is 0.325 e. The molecule has 0 unspecified atom stereocenters. The van der Waals surface area contributed by atoms with Crippen molar-refractivity contribution in [2.75, 3.05) is 39.3 Å². The fourth-order valence-electron chi connectivity index (χ4n) is 5.01. The molecule has 164 valence electrons. The van der Waals surface area contributed by atoms with Gasteiger partial charge in [0.05, 0.1) is 6.61 Å². The third-order valence-electron chi connectivity index (χ3n) is 6.91. The molecule has 1 N–H and O–H groups in total. The highest BCUT2D eigenvalue weighted by Gasteiger charge is 2.54. The van der Waals surface area contributed by atoms with Gasteiger partial charge in [-0.05, 0) is 56.8 Å². The third kappa shape index (κ3) is 4.18. The van der Waals surface area contributed by atoms with Gasteiger partial charge in [0.1, 0.15) is 11.3 Å². The summed E-state index contributed by atoms with van der Waals surface area (Å²) in [5.41, 5.74) is 0.593. The summed E-state index contributed by atoms with van der Waals surface area (Å²) in [5, 5.41) is 3.06. The second-order valence-corrected chi connectivity index (χ2v) is 8.71. The van der Waals surface area contributed by atoms with E-state index in [2.05, 4.69) is 34.2 Å². The van der Waals surface area contributed by atoms with E-state index < -0.39 is 5.54 Å². The number of ether oxygens (including phenoxy) is 1. The van der Waals surface area contributed by atoms with Gasteiger partial charge in [-0.15, -0.1) is 0 Å². The molecule has 0 aliphatic carbocycles. The summed E-state index contributed by atoms with van der Waals surface area (Å²) < 4.78 is 5.51. The highest BCUT2D eigenvalue weighted by molar-refractivity contribution is 6.07. The maximum atomic E-state index is 13.2. The molecule has 3 saturated heterocycles. The van der Waals surface area contributed by atoms with Crippen molar-refractivity contribution in [2.45, 2.75) is 57.7 Å². The molecule has 0 saturated carbocycles. The second-order valence-electron chi connectivity index (χ2n) is 8.71. The number of nitrogens with zero attached hydrogens (tertiary/aromatic N) is 3. The zero-order valence-electron chi connectivity index (χ0n) is 18.2. The molecule has 0 radical (unpaired) electrons. The molecule has 1 aromatic carbocycles. The number of likely N-dealkylation sites (tertiary alicyclic amines) is 2. The van der Waals surface area contributed by atoms with Crippen molar-refractivity contribution in [1.29, 1.82) is 0 Å². The summed E-state index contributed by atoms with van der Waals surface area (Å²) >= 11 is 0. The SMILES string of the molecule is CCOc1ccc(CN2CCC(N3C(=O)NC4(CCN(CC)CC4)C3=O)CC2)cc1. The number of amides is 3. The van der Waals surface area contributed by atoms with Crippen LogP contribution in [-0.4, -0.2) is 77.5 Å². The molecule has 1 spiro atoms. The van der Waals surface area contributed by atoms with Gasteiger partial charge in [-0.2, -0.15) is 0 Å². The van der Waals surface area contributed by atoms with Crippen molar-refractivity contribution in [2.24, 2.45) is 0 Å². The summed E-state index contributed by atoms with van der Waals surface area (Å²) in [6, 6.07) is 8.08. The van der Waals surface area contributed by atoms with Gasteiger partial charge in [-0.1, -0.05) is 19.1 Å².